The van der Waals surface area contributed by atoms with Gasteiger partial charge in [-0.25, -0.2) is 4.79 Å². The molecule has 0 bridgehead atoms. The second-order valence-corrected chi connectivity index (χ2v) is 20.0. The molecule has 0 rings (SSSR count). The third kappa shape index (κ3) is 6.60. The van der Waals surface area contributed by atoms with E-state index in [2.05, 4.69) is 53.9 Å². The summed E-state index contributed by atoms with van der Waals surface area (Å²) in [7, 11) is -6.81. The fourth-order valence-corrected chi connectivity index (χ4v) is 16.3. The van der Waals surface area contributed by atoms with E-state index in [-0.39, 0.29) is 11.1 Å². The van der Waals surface area contributed by atoms with E-state index in [1.165, 1.54) is 6.08 Å². The van der Waals surface area contributed by atoms with Gasteiger partial charge in [0.1, 0.15) is 0 Å². The van der Waals surface area contributed by atoms with E-state index in [9.17, 15) is 4.79 Å². The molecule has 0 atom stereocenters. The lowest BCUT2D eigenvalue weighted by Crippen LogP contribution is -2.59. The van der Waals surface area contributed by atoms with E-state index in [1.807, 2.05) is 13.1 Å². The van der Waals surface area contributed by atoms with Gasteiger partial charge in [0.2, 0.25) is 0 Å². The minimum Gasteiger partial charge on any atom is -0.491 e. The maximum atomic E-state index is 11.8. The first-order chi connectivity index (χ1) is 9.26. The normalized spacial score (nSPS) is 13.7. The Hall–Kier alpha value is -0.219. The molecule has 0 aromatic carbocycles. The molecule has 21 heavy (non-hydrogen) atoms. The third-order valence-electron chi connectivity index (χ3n) is 2.99. The highest BCUT2D eigenvalue weighted by Crippen LogP contribution is 2.37. The molecule has 4 nitrogen and oxygen atoms in total. The molecule has 0 aliphatic rings. The highest BCUT2D eigenvalue weighted by Gasteiger charge is 2.52. The second-order valence-electron chi connectivity index (χ2n) is 7.37. The summed E-state index contributed by atoms with van der Waals surface area (Å²) in [5, 5.41) is 0. The number of rotatable bonds is 8. The predicted octanol–water partition coefficient (Wildman–Crippen LogP) is 4.55. The Morgan fingerprint density at radius 3 is 1.67 bits per heavy atom. The van der Waals surface area contributed by atoms with Crippen LogP contribution in [0.4, 0.5) is 0 Å². The molecule has 0 radical (unpaired) electrons. The predicted molar refractivity (Wildman–Crippen MR) is 95.2 cm³/mol. The lowest BCUT2D eigenvalue weighted by molar-refractivity contribution is -0.131. The molecule has 0 aliphatic carbocycles. The topological polar surface area (TPSA) is 44.8 Å². The summed E-state index contributed by atoms with van der Waals surface area (Å²) in [6, 6.07) is 0. The Morgan fingerprint density at radius 2 is 1.38 bits per heavy atom. The van der Waals surface area contributed by atoms with Gasteiger partial charge >= 0.3 is 23.1 Å². The fraction of sp³-hybridized carbons (Fsp3) is 0.786. The molecule has 0 amide bonds. The van der Waals surface area contributed by atoms with Gasteiger partial charge in [0, 0.05) is 17.2 Å². The van der Waals surface area contributed by atoms with Crippen molar-refractivity contribution in [3.05, 3.63) is 12.7 Å². The van der Waals surface area contributed by atoms with Gasteiger partial charge in [0.15, 0.2) is 8.32 Å². The highest BCUT2D eigenvalue weighted by molar-refractivity contribution is 6.87. The first-order valence-electron chi connectivity index (χ1n) is 7.51. The zero-order valence-electron chi connectivity index (χ0n) is 15.1. The van der Waals surface area contributed by atoms with E-state index < -0.39 is 31.4 Å². The van der Waals surface area contributed by atoms with Gasteiger partial charge in [-0.2, -0.15) is 0 Å². The summed E-state index contributed by atoms with van der Waals surface area (Å²) < 4.78 is 18.6. The average molecular weight is 349 g/mol. The maximum Gasteiger partial charge on any atom is 0.398 e. The van der Waals surface area contributed by atoms with Crippen molar-refractivity contribution in [3.63, 3.8) is 0 Å². The summed E-state index contributed by atoms with van der Waals surface area (Å²) >= 11 is 0. The van der Waals surface area contributed by atoms with Crippen LogP contribution in [0.15, 0.2) is 12.7 Å². The van der Waals surface area contributed by atoms with E-state index in [1.54, 1.807) is 0 Å². The Labute approximate surface area is 133 Å². The Balaban J connectivity index is 5.50. The summed E-state index contributed by atoms with van der Waals surface area (Å²) in [6.45, 7) is 22.3. The molecular weight excluding hydrogens is 316 g/mol. The Morgan fingerprint density at radius 1 is 0.952 bits per heavy atom. The minimum absolute atomic E-state index is 0.151. The van der Waals surface area contributed by atoms with E-state index in [0.717, 1.165) is 0 Å². The first kappa shape index (κ1) is 20.8. The van der Waals surface area contributed by atoms with Crippen molar-refractivity contribution >= 4 is 31.4 Å². The van der Waals surface area contributed by atoms with Crippen LogP contribution in [-0.4, -0.2) is 31.4 Å². The van der Waals surface area contributed by atoms with Crippen molar-refractivity contribution in [1.29, 1.82) is 0 Å². The molecule has 0 N–H and O–H groups in total. The van der Waals surface area contributed by atoms with Gasteiger partial charge in [-0.1, -0.05) is 34.3 Å². The Bertz CT molecular complexity index is 365. The smallest absolute Gasteiger partial charge is 0.398 e. The summed E-state index contributed by atoms with van der Waals surface area (Å²) in [4.78, 5) is 11.8. The lowest BCUT2D eigenvalue weighted by atomic mass is 10.5. The van der Waals surface area contributed by atoms with Gasteiger partial charge in [0.05, 0.1) is 0 Å². The fourth-order valence-electron chi connectivity index (χ4n) is 2.50. The molecule has 0 fully saturated rings. The van der Waals surface area contributed by atoms with Crippen LogP contribution in [0.25, 0.3) is 0 Å². The van der Waals surface area contributed by atoms with Crippen molar-refractivity contribution < 1.29 is 17.5 Å². The molecule has 0 spiro atoms. The SMILES string of the molecule is C=CC(=O)O[Si](O[Si](C)(C)O[Si](C)(C)C)(C(C)C)C(C)C. The van der Waals surface area contributed by atoms with Crippen LogP contribution in [0.2, 0.25) is 43.8 Å². The van der Waals surface area contributed by atoms with Gasteiger partial charge in [-0.05, 0) is 32.7 Å². The summed E-state index contributed by atoms with van der Waals surface area (Å²) in [5.74, 6) is -0.401. The highest BCUT2D eigenvalue weighted by atomic mass is 28.5. The third-order valence-corrected chi connectivity index (χ3v) is 14.4. The maximum absolute atomic E-state index is 11.8. The van der Waals surface area contributed by atoms with E-state index >= 15 is 0 Å². The summed E-state index contributed by atoms with van der Waals surface area (Å²) in [6.07, 6.45) is 1.21. The van der Waals surface area contributed by atoms with Crippen LogP contribution < -0.4 is 0 Å². The summed E-state index contributed by atoms with van der Waals surface area (Å²) in [5.41, 5.74) is 0.303. The van der Waals surface area contributed by atoms with E-state index in [0.29, 0.717) is 0 Å². The number of hydrogen-bond donors (Lipinski definition) is 0. The van der Waals surface area contributed by atoms with Gasteiger partial charge in [-0.15, -0.1) is 0 Å². The molecule has 124 valence electrons. The molecule has 0 aromatic rings. The molecule has 0 unspecified atom stereocenters. The van der Waals surface area contributed by atoms with Crippen molar-refractivity contribution in [1.82, 2.24) is 0 Å². The lowest BCUT2D eigenvalue weighted by Gasteiger charge is -2.43. The average Bonchev–Trinajstić information content (AvgIpc) is 2.23. The van der Waals surface area contributed by atoms with Crippen molar-refractivity contribution in [3.8, 4) is 0 Å². The van der Waals surface area contributed by atoms with Gasteiger partial charge < -0.3 is 12.7 Å². The van der Waals surface area contributed by atoms with Crippen LogP contribution in [-0.2, 0) is 17.5 Å². The van der Waals surface area contributed by atoms with Gasteiger partial charge in [0.25, 0.3) is 0 Å². The Kier molecular flexibility index (Phi) is 7.29. The number of carbonyl (C=O) groups is 1. The van der Waals surface area contributed by atoms with Crippen LogP contribution in [0.3, 0.4) is 0 Å². The van der Waals surface area contributed by atoms with Crippen LogP contribution >= 0.6 is 0 Å². The van der Waals surface area contributed by atoms with Crippen LogP contribution in [0.5, 0.6) is 0 Å². The van der Waals surface area contributed by atoms with Crippen LogP contribution in [0.1, 0.15) is 27.7 Å². The number of hydrogen-bond acceptors (Lipinski definition) is 4. The number of carbonyl (C=O) groups excluding carboxylic acids is 1. The van der Waals surface area contributed by atoms with Crippen molar-refractivity contribution in [2.24, 2.45) is 0 Å². The van der Waals surface area contributed by atoms with Crippen molar-refractivity contribution in [2.75, 3.05) is 0 Å². The zero-order valence-corrected chi connectivity index (χ0v) is 18.1. The van der Waals surface area contributed by atoms with Crippen LogP contribution in [0, 0.1) is 0 Å². The zero-order chi connectivity index (χ0) is 17.1. The molecule has 0 aliphatic heterocycles. The minimum atomic E-state index is -2.73. The molecule has 0 saturated heterocycles. The second kappa shape index (κ2) is 7.36. The van der Waals surface area contributed by atoms with E-state index in [4.69, 9.17) is 12.7 Å². The molecule has 7 heteroatoms. The largest absolute Gasteiger partial charge is 0.491 e. The molecule has 0 aromatic heterocycles. The first-order valence-corrected chi connectivity index (χ1v) is 15.7. The standard InChI is InChI=1S/C14H32O4Si3/c1-11-14(15)16-21(12(2)3,13(4)5)18-20(9,10)17-19(6,7)8/h11-13H,1H2,2-10H3. The quantitative estimate of drug-likeness (QED) is 0.477. The van der Waals surface area contributed by atoms with Crippen molar-refractivity contribution in [2.45, 2.75) is 71.5 Å². The monoisotopic (exact) mass is 348 g/mol. The van der Waals surface area contributed by atoms with Gasteiger partial charge in [-0.3, -0.25) is 0 Å². The molecule has 0 heterocycles. The molecular formula is C14H32O4Si3. The molecule has 0 saturated carbocycles.